The van der Waals surface area contributed by atoms with Gasteiger partial charge in [-0.2, -0.15) is 0 Å². The van der Waals surface area contributed by atoms with Crippen molar-refractivity contribution >= 4 is 24.3 Å². The largest absolute Gasteiger partial charge is 0.381 e. The average molecular weight is 250 g/mol. The van der Waals surface area contributed by atoms with E-state index in [4.69, 9.17) is 10.5 Å². The van der Waals surface area contributed by atoms with Crippen molar-refractivity contribution in [1.82, 2.24) is 10.6 Å². The van der Waals surface area contributed by atoms with Crippen molar-refractivity contribution in [1.29, 1.82) is 0 Å². The minimum Gasteiger partial charge on any atom is -0.381 e. The zero-order valence-corrected chi connectivity index (χ0v) is 9.64. The van der Waals surface area contributed by atoms with Crippen molar-refractivity contribution in [2.45, 2.75) is 18.4 Å². The number of urea groups is 1. The molecule has 2 saturated heterocycles. The molecule has 2 fully saturated rings. The Morgan fingerprint density at radius 3 is 2.44 bits per heavy atom. The Labute approximate surface area is 99.7 Å². The lowest BCUT2D eigenvalue weighted by Crippen LogP contribution is -2.59. The van der Waals surface area contributed by atoms with Crippen LogP contribution in [0.3, 0.4) is 0 Å². The molecule has 0 radical (unpaired) electrons. The maximum atomic E-state index is 11.7. The quantitative estimate of drug-likeness (QED) is 0.568. The first-order valence-electron chi connectivity index (χ1n) is 5.10. The summed E-state index contributed by atoms with van der Waals surface area (Å²) in [5.74, 6) is -0.232. The van der Waals surface area contributed by atoms with Crippen LogP contribution in [-0.4, -0.2) is 37.2 Å². The van der Waals surface area contributed by atoms with E-state index in [0.717, 1.165) is 12.8 Å². The molecule has 0 spiro atoms. The molecule has 0 aromatic rings. The number of carbonyl (C=O) groups is 2. The Hall–Kier alpha value is -0.850. The summed E-state index contributed by atoms with van der Waals surface area (Å²) in [5.41, 5.74) is 4.72. The Morgan fingerprint density at radius 2 is 2.00 bits per heavy atom. The fourth-order valence-electron chi connectivity index (χ4n) is 2.29. The number of hydrogen-bond acceptors (Lipinski definition) is 4. The predicted molar refractivity (Wildman–Crippen MR) is 59.3 cm³/mol. The van der Waals surface area contributed by atoms with E-state index in [1.54, 1.807) is 0 Å². The highest BCUT2D eigenvalue weighted by molar-refractivity contribution is 6.07. The molecule has 2 aliphatic rings. The molecule has 2 rings (SSSR count). The van der Waals surface area contributed by atoms with Gasteiger partial charge in [0, 0.05) is 19.8 Å². The first-order valence-corrected chi connectivity index (χ1v) is 5.10. The van der Waals surface area contributed by atoms with Gasteiger partial charge in [0.25, 0.3) is 5.91 Å². The summed E-state index contributed by atoms with van der Waals surface area (Å²) in [6.45, 7) is 1.38. The van der Waals surface area contributed by atoms with Crippen molar-refractivity contribution in [3.63, 3.8) is 0 Å². The number of carbonyl (C=O) groups excluding carboxylic acids is 2. The van der Waals surface area contributed by atoms with Crippen LogP contribution in [0.4, 0.5) is 4.79 Å². The Morgan fingerprint density at radius 1 is 1.38 bits per heavy atom. The van der Waals surface area contributed by atoms with Crippen molar-refractivity contribution in [2.75, 3.05) is 19.8 Å². The fourth-order valence-corrected chi connectivity index (χ4v) is 2.29. The van der Waals surface area contributed by atoms with Gasteiger partial charge in [-0.1, -0.05) is 0 Å². The number of rotatable bonds is 2. The minimum absolute atomic E-state index is 0. The molecule has 4 N–H and O–H groups in total. The number of amides is 3. The number of halogens is 1. The minimum atomic E-state index is -0.916. The van der Waals surface area contributed by atoms with E-state index >= 15 is 0 Å². The number of hydrogen-bond donors (Lipinski definition) is 3. The van der Waals surface area contributed by atoms with Gasteiger partial charge in [-0.3, -0.25) is 10.1 Å². The normalized spacial score (nSPS) is 30.6. The summed E-state index contributed by atoms with van der Waals surface area (Å²) < 4.78 is 5.23. The van der Waals surface area contributed by atoms with Crippen LogP contribution in [-0.2, 0) is 9.53 Å². The Kier molecular flexibility index (Phi) is 4.12. The highest BCUT2D eigenvalue weighted by Gasteiger charge is 2.50. The van der Waals surface area contributed by atoms with Gasteiger partial charge in [-0.25, -0.2) is 4.79 Å². The van der Waals surface area contributed by atoms with Gasteiger partial charge in [-0.15, -0.1) is 12.4 Å². The molecule has 0 aliphatic carbocycles. The van der Waals surface area contributed by atoms with Gasteiger partial charge in [0.15, 0.2) is 0 Å². The molecule has 16 heavy (non-hydrogen) atoms. The lowest BCUT2D eigenvalue weighted by molar-refractivity contribution is -0.126. The summed E-state index contributed by atoms with van der Waals surface area (Å²) in [6, 6.07) is -0.447. The van der Waals surface area contributed by atoms with Crippen molar-refractivity contribution in [3.8, 4) is 0 Å². The predicted octanol–water partition coefficient (Wildman–Crippen LogP) is -0.628. The third-order valence-electron chi connectivity index (χ3n) is 3.21. The van der Waals surface area contributed by atoms with E-state index in [1.807, 2.05) is 0 Å². The fraction of sp³-hybridized carbons (Fsp3) is 0.778. The molecular formula is C9H16ClN3O3. The smallest absolute Gasteiger partial charge is 0.322 e. The molecule has 3 amide bonds. The Bertz CT molecular complexity index is 294. The zero-order chi connectivity index (χ0) is 10.9. The third-order valence-corrected chi connectivity index (χ3v) is 3.21. The van der Waals surface area contributed by atoms with Gasteiger partial charge >= 0.3 is 6.03 Å². The van der Waals surface area contributed by atoms with Gasteiger partial charge in [0.1, 0.15) is 5.54 Å². The lowest BCUT2D eigenvalue weighted by atomic mass is 9.79. The van der Waals surface area contributed by atoms with Crippen molar-refractivity contribution in [2.24, 2.45) is 11.7 Å². The third kappa shape index (κ3) is 2.00. The van der Waals surface area contributed by atoms with Crippen molar-refractivity contribution in [3.05, 3.63) is 0 Å². The second kappa shape index (κ2) is 4.99. The second-order valence-corrected chi connectivity index (χ2v) is 3.97. The summed E-state index contributed by atoms with van der Waals surface area (Å²) >= 11 is 0. The highest BCUT2D eigenvalue weighted by atomic mass is 35.5. The number of nitrogens with two attached hydrogens (primary N) is 1. The molecule has 6 nitrogen and oxygen atoms in total. The molecule has 0 aromatic heterocycles. The molecule has 2 heterocycles. The lowest BCUT2D eigenvalue weighted by Gasteiger charge is -2.35. The van der Waals surface area contributed by atoms with Crippen LogP contribution in [0.15, 0.2) is 0 Å². The van der Waals surface area contributed by atoms with Gasteiger partial charge in [-0.05, 0) is 18.8 Å². The second-order valence-electron chi connectivity index (χ2n) is 3.97. The topological polar surface area (TPSA) is 93.4 Å². The number of ether oxygens (including phenoxy) is 1. The number of nitrogens with one attached hydrogen (secondary N) is 2. The van der Waals surface area contributed by atoms with E-state index in [9.17, 15) is 9.59 Å². The van der Waals surface area contributed by atoms with Crippen LogP contribution < -0.4 is 16.4 Å². The van der Waals surface area contributed by atoms with E-state index in [-0.39, 0.29) is 30.8 Å². The molecule has 0 saturated carbocycles. The van der Waals surface area contributed by atoms with Crippen LogP contribution in [0.2, 0.25) is 0 Å². The molecule has 0 aromatic carbocycles. The van der Waals surface area contributed by atoms with E-state index in [0.29, 0.717) is 13.2 Å². The highest BCUT2D eigenvalue weighted by Crippen LogP contribution is 2.29. The maximum absolute atomic E-state index is 11.7. The molecule has 0 bridgehead atoms. The summed E-state index contributed by atoms with van der Waals surface area (Å²) in [5, 5.41) is 4.90. The monoisotopic (exact) mass is 249 g/mol. The summed E-state index contributed by atoms with van der Waals surface area (Å²) in [7, 11) is 0. The molecule has 7 heteroatoms. The Balaban J connectivity index is 0.00000128. The maximum Gasteiger partial charge on any atom is 0.322 e. The molecule has 1 atom stereocenters. The van der Waals surface area contributed by atoms with Crippen LogP contribution in [0, 0.1) is 5.92 Å². The van der Waals surface area contributed by atoms with E-state index in [2.05, 4.69) is 10.6 Å². The van der Waals surface area contributed by atoms with Gasteiger partial charge in [0.2, 0.25) is 0 Å². The zero-order valence-electron chi connectivity index (χ0n) is 8.82. The number of imide groups is 1. The van der Waals surface area contributed by atoms with Crippen molar-refractivity contribution < 1.29 is 14.3 Å². The molecular weight excluding hydrogens is 234 g/mol. The first kappa shape index (κ1) is 13.2. The SMILES string of the molecule is Cl.NCC1(C2CCOCC2)NC(=O)NC1=O. The molecule has 1 unspecified atom stereocenters. The summed E-state index contributed by atoms with van der Waals surface area (Å²) in [4.78, 5) is 22.9. The molecule has 92 valence electrons. The van der Waals surface area contributed by atoms with Crippen LogP contribution in [0.5, 0.6) is 0 Å². The van der Waals surface area contributed by atoms with Gasteiger partial charge < -0.3 is 15.8 Å². The first-order chi connectivity index (χ1) is 7.19. The summed E-state index contributed by atoms with van der Waals surface area (Å²) in [6.07, 6.45) is 1.51. The van der Waals surface area contributed by atoms with Crippen LogP contribution in [0.25, 0.3) is 0 Å². The van der Waals surface area contributed by atoms with E-state index < -0.39 is 11.6 Å². The van der Waals surface area contributed by atoms with E-state index in [1.165, 1.54) is 0 Å². The molecule has 2 aliphatic heterocycles. The average Bonchev–Trinajstić information content (AvgIpc) is 2.56. The van der Waals surface area contributed by atoms with Gasteiger partial charge in [0.05, 0.1) is 0 Å². The van der Waals surface area contributed by atoms with Crippen LogP contribution in [0.1, 0.15) is 12.8 Å². The standard InChI is InChI=1S/C9H15N3O3.ClH/c10-5-9(6-1-3-15-4-2-6)7(13)11-8(14)12-9;/h6H,1-5,10H2,(H2,11,12,13,14);1H. The van der Waals surface area contributed by atoms with Crippen LogP contribution >= 0.6 is 12.4 Å².